The Hall–Kier alpha value is -6.63. The van der Waals surface area contributed by atoms with Gasteiger partial charge in [0.05, 0.1) is 39.8 Å². The molecule has 0 radical (unpaired) electrons. The molecule has 0 aliphatic heterocycles. The Labute approximate surface area is 325 Å². The van der Waals surface area contributed by atoms with Crippen LogP contribution in [-0.4, -0.2) is 19.5 Å². The number of hydrogen-bond donors (Lipinski definition) is 0. The van der Waals surface area contributed by atoms with Crippen LogP contribution in [-0.2, 0) is 0 Å². The van der Waals surface area contributed by atoms with Crippen LogP contribution in [0.1, 0.15) is 28.8 Å². The second-order valence-electron chi connectivity index (χ2n) is 11.2. The summed E-state index contributed by atoms with van der Waals surface area (Å²) in [7, 11) is 0. The van der Waals surface area contributed by atoms with Crippen molar-refractivity contribution in [3.63, 3.8) is 0 Å². The molecule has 4 aromatic heterocycles. The molecule has 6 heteroatoms. The van der Waals surface area contributed by atoms with Gasteiger partial charge in [0.1, 0.15) is 11.2 Å². The Morgan fingerprint density at radius 1 is 0.529 bits per heavy atom. The molecule has 0 aliphatic rings. The minimum atomic E-state index is -0.831. The number of rotatable bonds is 4. The molecule has 0 spiro atoms. The molecule has 0 N–H and O–H groups in total. The maximum atomic E-state index is 9.65. The minimum Gasteiger partial charge on any atom is -0.456 e. The van der Waals surface area contributed by atoms with Crippen molar-refractivity contribution in [1.82, 2.24) is 19.5 Å². The van der Waals surface area contributed by atoms with Gasteiger partial charge >= 0.3 is 0 Å². The predicted molar refractivity (Wildman–Crippen MR) is 211 cm³/mol. The van der Waals surface area contributed by atoms with Crippen LogP contribution >= 0.6 is 11.3 Å². The number of hydrogen-bond acceptors (Lipinski definition) is 5. The van der Waals surface area contributed by atoms with E-state index in [0.29, 0.717) is 5.56 Å². The summed E-state index contributed by atoms with van der Waals surface area (Å²) >= 11 is 0.749. The molecule has 51 heavy (non-hydrogen) atoms. The van der Waals surface area contributed by atoms with E-state index < -0.39 is 167 Å². The molecule has 238 valence electrons. The minimum absolute atomic E-state index is 0.0127. The van der Waals surface area contributed by atoms with Crippen molar-refractivity contribution in [3.05, 3.63) is 157 Å². The monoisotopic (exact) mass is 691 g/mol. The molecule has 4 heterocycles. The molecule has 0 bridgehead atoms. The highest BCUT2D eigenvalue weighted by Gasteiger charge is 2.22. The molecule has 7 aromatic carbocycles. The van der Waals surface area contributed by atoms with Crippen LogP contribution < -0.4 is 0 Å². The zero-order valence-corrected chi connectivity index (χ0v) is 26.3. The SMILES string of the molecule is [2H]c1c([2H])c([2H])c(-c2nc(-c3c([2H])c([2H])c4c(oc5c([2H])c([2H])c([2H])c(-c6ccccc6)c54)c3[2H])nc(-n3c4c([2H])c([2H])c([2H])c([2H])c4c4c([2H])c([2H])c5sc6c([2H])c([2H])c([2H])c([2H])c6c5c43)n2)c([2H])c1[2H]. The molecule has 0 fully saturated rings. The van der Waals surface area contributed by atoms with Crippen molar-refractivity contribution in [3.8, 4) is 39.9 Å². The number of nitrogens with zero attached hydrogens (tertiary/aromatic N) is 4. The van der Waals surface area contributed by atoms with Gasteiger partial charge in [-0.1, -0.05) is 121 Å². The van der Waals surface area contributed by atoms with Crippen molar-refractivity contribution in [2.24, 2.45) is 0 Å². The Morgan fingerprint density at radius 2 is 1.29 bits per heavy atom. The van der Waals surface area contributed by atoms with Gasteiger partial charge in [-0.3, -0.25) is 4.57 Å². The number of fused-ring (bicyclic) bond motifs is 10. The van der Waals surface area contributed by atoms with Gasteiger partial charge in [0.15, 0.2) is 11.6 Å². The highest BCUT2D eigenvalue weighted by atomic mass is 32.1. The molecule has 0 amide bonds. The maximum Gasteiger partial charge on any atom is 0.238 e. The number of furan rings is 1. The van der Waals surface area contributed by atoms with Gasteiger partial charge in [-0.15, -0.1) is 11.3 Å². The van der Waals surface area contributed by atoms with Crippen molar-refractivity contribution in [2.45, 2.75) is 0 Å². The quantitative estimate of drug-likeness (QED) is 0.184. The van der Waals surface area contributed by atoms with E-state index in [9.17, 15) is 8.22 Å². The third-order valence-corrected chi connectivity index (χ3v) is 9.40. The highest BCUT2D eigenvalue weighted by Crippen LogP contribution is 2.43. The van der Waals surface area contributed by atoms with Gasteiger partial charge in [-0.2, -0.15) is 9.97 Å². The first-order valence-corrected chi connectivity index (χ1v) is 16.1. The summed E-state index contributed by atoms with van der Waals surface area (Å²) in [5.41, 5.74) is -2.18. The second kappa shape index (κ2) is 10.9. The first kappa shape index (κ1) is 14.7. The average molecular weight is 692 g/mol. The van der Waals surface area contributed by atoms with Gasteiger partial charge in [0.2, 0.25) is 5.95 Å². The maximum absolute atomic E-state index is 9.65. The van der Waals surface area contributed by atoms with Crippen LogP contribution in [0, 0.1) is 0 Å². The summed E-state index contributed by atoms with van der Waals surface area (Å²) < 4.78 is 195. The second-order valence-corrected chi connectivity index (χ2v) is 12.2. The first-order valence-electron chi connectivity index (χ1n) is 25.7. The lowest BCUT2D eigenvalue weighted by molar-refractivity contribution is 0.669. The highest BCUT2D eigenvalue weighted by molar-refractivity contribution is 7.26. The molecule has 0 atom stereocenters. The van der Waals surface area contributed by atoms with E-state index in [1.165, 1.54) is 0 Å². The van der Waals surface area contributed by atoms with E-state index in [4.69, 9.17) is 25.0 Å². The Morgan fingerprint density at radius 3 is 2.18 bits per heavy atom. The molecular weight excluding hydrogens is 645 g/mol. The van der Waals surface area contributed by atoms with Gasteiger partial charge in [-0.25, -0.2) is 4.98 Å². The van der Waals surface area contributed by atoms with Crippen molar-refractivity contribution in [1.29, 1.82) is 0 Å². The van der Waals surface area contributed by atoms with E-state index in [0.717, 1.165) is 15.9 Å². The van der Waals surface area contributed by atoms with Crippen LogP contribution in [0.4, 0.5) is 0 Å². The summed E-state index contributed by atoms with van der Waals surface area (Å²) in [6.45, 7) is 0. The van der Waals surface area contributed by atoms with Crippen LogP contribution in [0.25, 0.3) is 104 Å². The molecule has 0 aliphatic carbocycles. The summed E-state index contributed by atoms with van der Waals surface area (Å²) in [5, 5.41) is -1.15. The standard InChI is InChI=1S/C45H26N4OS/c1-3-12-27(13-4-1)30-18-11-20-36-40(30)33-23-22-29(26-37(33)50-36)44-46-43(28-14-5-2-6-15-28)47-45(48-44)49-35-19-9-7-16-31(35)32-24-25-39-41(42(32)49)34-17-8-10-21-38(34)51-39/h1-26H/i2D,5D,6D,7D,8D,9D,10D,11D,14D,15D,16D,17D,18D,19D,20D,21D,22D,23D,24D,25D,26D. The van der Waals surface area contributed by atoms with Crippen LogP contribution in [0.2, 0.25) is 0 Å². The van der Waals surface area contributed by atoms with Gasteiger partial charge in [0, 0.05) is 52.8 Å². The fraction of sp³-hybridized carbons (Fsp3) is 0. The lowest BCUT2D eigenvalue weighted by Gasteiger charge is -2.11. The third-order valence-electron chi connectivity index (χ3n) is 8.38. The van der Waals surface area contributed by atoms with E-state index >= 15 is 0 Å². The predicted octanol–water partition coefficient (Wildman–Crippen LogP) is 12.2. The number of benzene rings is 7. The first-order chi connectivity index (χ1) is 34.0. The average Bonchev–Trinajstić information content (AvgIpc) is 4.07. The Bertz CT molecular complexity index is 4330. The smallest absolute Gasteiger partial charge is 0.238 e. The molecule has 5 nitrogen and oxygen atoms in total. The lowest BCUT2D eigenvalue weighted by atomic mass is 9.99. The number of para-hydroxylation sites is 1. The molecule has 0 saturated carbocycles. The summed E-state index contributed by atoms with van der Waals surface area (Å²) in [5.74, 6) is -2.11. The van der Waals surface area contributed by atoms with Gasteiger partial charge in [0.25, 0.3) is 0 Å². The number of aromatic nitrogens is 4. The van der Waals surface area contributed by atoms with E-state index in [2.05, 4.69) is 15.0 Å². The number of thiophene rings is 1. The fourth-order valence-electron chi connectivity index (χ4n) is 6.24. The normalized spacial score (nSPS) is 17.7. The van der Waals surface area contributed by atoms with Crippen molar-refractivity contribution in [2.75, 3.05) is 0 Å². The zero-order valence-electron chi connectivity index (χ0n) is 46.5. The molecule has 11 aromatic rings. The van der Waals surface area contributed by atoms with Gasteiger partial charge in [-0.05, 0) is 47.4 Å². The Balaban J connectivity index is 1.37. The fourth-order valence-corrected chi connectivity index (χ4v) is 7.20. The topological polar surface area (TPSA) is 56.7 Å². The summed E-state index contributed by atoms with van der Waals surface area (Å²) in [4.78, 5) is 13.7. The summed E-state index contributed by atoms with van der Waals surface area (Å²) in [6.07, 6.45) is 0. The Kier molecular flexibility index (Phi) is 3.15. The molecular formula is C45H26N4OS. The molecule has 0 saturated heterocycles. The van der Waals surface area contributed by atoms with Crippen molar-refractivity contribution < 1.29 is 33.2 Å². The van der Waals surface area contributed by atoms with Crippen LogP contribution in [0.5, 0.6) is 0 Å². The van der Waals surface area contributed by atoms with E-state index in [1.54, 1.807) is 30.3 Å². The van der Waals surface area contributed by atoms with Crippen LogP contribution in [0.3, 0.4) is 0 Å². The largest absolute Gasteiger partial charge is 0.456 e. The van der Waals surface area contributed by atoms with E-state index in [-0.39, 0.29) is 58.4 Å². The zero-order chi connectivity index (χ0) is 51.7. The van der Waals surface area contributed by atoms with E-state index in [1.807, 2.05) is 0 Å². The van der Waals surface area contributed by atoms with Crippen LogP contribution in [0.15, 0.2) is 162 Å². The van der Waals surface area contributed by atoms with Gasteiger partial charge < -0.3 is 4.42 Å². The lowest BCUT2D eigenvalue weighted by Crippen LogP contribution is -2.06. The van der Waals surface area contributed by atoms with Crippen molar-refractivity contribution >= 4 is 75.3 Å². The third kappa shape index (κ3) is 4.30. The summed E-state index contributed by atoms with van der Waals surface area (Å²) in [6, 6.07) is -5.83. The molecule has 11 rings (SSSR count). The molecule has 0 unspecified atom stereocenters.